The molecule has 0 aromatic carbocycles. The van der Waals surface area contributed by atoms with Crippen LogP contribution in [0.4, 0.5) is 0 Å². The van der Waals surface area contributed by atoms with E-state index in [2.05, 4.69) is 39.8 Å². The Bertz CT molecular complexity index is 539. The molecule has 0 heterocycles. The molecule has 0 aliphatic heterocycles. The van der Waals surface area contributed by atoms with E-state index in [1.807, 2.05) is 0 Å². The van der Waals surface area contributed by atoms with Gasteiger partial charge in [0.15, 0.2) is 0 Å². The van der Waals surface area contributed by atoms with Gasteiger partial charge in [0.1, 0.15) is 5.92 Å². The summed E-state index contributed by atoms with van der Waals surface area (Å²) in [5.41, 5.74) is 0.250. The number of rotatable bonds is 2. The molecule has 3 rings (SSSR count). The first kappa shape index (κ1) is 17.8. The monoisotopic (exact) mass is 326 g/mol. The van der Waals surface area contributed by atoms with Crippen molar-refractivity contribution in [2.24, 2.45) is 46.3 Å². The second-order valence-electron chi connectivity index (χ2n) is 9.87. The highest BCUT2D eigenvalue weighted by molar-refractivity contribution is 5.15. The summed E-state index contributed by atoms with van der Waals surface area (Å²) in [5, 5.41) is 19.1. The first-order valence-electron chi connectivity index (χ1n) is 10.2. The molecular formula is C22H34N2. The molecule has 3 aliphatic rings. The van der Waals surface area contributed by atoms with Crippen LogP contribution >= 0.6 is 0 Å². The lowest BCUT2D eigenvalue weighted by Crippen LogP contribution is -2.55. The second kappa shape index (κ2) is 6.37. The number of fused-ring (bicyclic) bond motifs is 3. The van der Waals surface area contributed by atoms with Gasteiger partial charge in [0.25, 0.3) is 0 Å². The standard InChI is InChI=1S/C22H34N2/c1-15(2)16-6-8-19-17(12-16)7-9-20-21(3,18(13-23)14-24)10-5-11-22(19,20)4/h15-20H,5-12H2,1-4H3/t16-,17+,19-,20-,21+,22+/m0/s1. The molecule has 0 amide bonds. The molecule has 0 bridgehead atoms. The van der Waals surface area contributed by atoms with E-state index in [0.29, 0.717) is 11.3 Å². The summed E-state index contributed by atoms with van der Waals surface area (Å²) in [4.78, 5) is 0. The van der Waals surface area contributed by atoms with Crippen LogP contribution in [0.3, 0.4) is 0 Å². The van der Waals surface area contributed by atoms with E-state index in [4.69, 9.17) is 0 Å². The molecular weight excluding hydrogens is 292 g/mol. The average molecular weight is 327 g/mol. The Morgan fingerprint density at radius 3 is 2.29 bits per heavy atom. The summed E-state index contributed by atoms with van der Waals surface area (Å²) in [7, 11) is 0. The second-order valence-corrected chi connectivity index (χ2v) is 9.87. The van der Waals surface area contributed by atoms with Gasteiger partial charge in [-0.1, -0.05) is 34.1 Å². The number of hydrogen-bond donors (Lipinski definition) is 0. The lowest BCUT2D eigenvalue weighted by Gasteiger charge is -2.62. The van der Waals surface area contributed by atoms with Crippen LogP contribution in [-0.4, -0.2) is 0 Å². The normalized spacial score (nSPS) is 45.2. The topological polar surface area (TPSA) is 47.6 Å². The van der Waals surface area contributed by atoms with Gasteiger partial charge in [0.2, 0.25) is 0 Å². The summed E-state index contributed by atoms with van der Waals surface area (Å²) in [6.07, 6.45) is 10.3. The molecule has 6 atom stereocenters. The summed E-state index contributed by atoms with van der Waals surface area (Å²) < 4.78 is 0. The maximum absolute atomic E-state index is 9.57. The van der Waals surface area contributed by atoms with Gasteiger partial charge in [-0.15, -0.1) is 0 Å². The van der Waals surface area contributed by atoms with Gasteiger partial charge in [-0.05, 0) is 85.4 Å². The lowest BCUT2D eigenvalue weighted by molar-refractivity contribution is -0.128. The summed E-state index contributed by atoms with van der Waals surface area (Å²) >= 11 is 0. The van der Waals surface area contributed by atoms with Crippen molar-refractivity contribution in [3.8, 4) is 12.1 Å². The highest BCUT2D eigenvalue weighted by atomic mass is 14.6. The smallest absolute Gasteiger partial charge is 0.138 e. The predicted molar refractivity (Wildman–Crippen MR) is 96.7 cm³/mol. The fourth-order valence-corrected chi connectivity index (χ4v) is 7.20. The summed E-state index contributed by atoms with van der Waals surface area (Å²) in [6.45, 7) is 9.56. The molecule has 24 heavy (non-hydrogen) atoms. The van der Waals surface area contributed by atoms with E-state index in [0.717, 1.165) is 30.1 Å². The molecule has 3 aliphatic carbocycles. The third-order valence-corrected chi connectivity index (χ3v) is 8.58. The van der Waals surface area contributed by atoms with E-state index >= 15 is 0 Å². The van der Waals surface area contributed by atoms with Crippen molar-refractivity contribution >= 4 is 0 Å². The van der Waals surface area contributed by atoms with Gasteiger partial charge >= 0.3 is 0 Å². The minimum absolute atomic E-state index is 0.101. The van der Waals surface area contributed by atoms with Gasteiger partial charge in [0.05, 0.1) is 12.1 Å². The molecule has 2 nitrogen and oxygen atoms in total. The largest absolute Gasteiger partial charge is 0.197 e. The van der Waals surface area contributed by atoms with E-state index in [1.165, 1.54) is 44.9 Å². The van der Waals surface area contributed by atoms with E-state index in [-0.39, 0.29) is 5.41 Å². The van der Waals surface area contributed by atoms with Gasteiger partial charge in [-0.2, -0.15) is 10.5 Å². The van der Waals surface area contributed by atoms with Crippen LogP contribution in [0.2, 0.25) is 0 Å². The average Bonchev–Trinajstić information content (AvgIpc) is 2.55. The number of nitriles is 2. The highest BCUT2D eigenvalue weighted by Gasteiger charge is 2.59. The molecule has 0 aromatic heterocycles. The number of nitrogens with zero attached hydrogens (tertiary/aromatic N) is 2. The number of hydrogen-bond acceptors (Lipinski definition) is 2. The third-order valence-electron chi connectivity index (χ3n) is 8.58. The molecule has 0 aromatic rings. The van der Waals surface area contributed by atoms with Crippen LogP contribution < -0.4 is 0 Å². The predicted octanol–water partition coefficient (Wildman–Crippen LogP) is 5.94. The first-order valence-corrected chi connectivity index (χ1v) is 10.2. The van der Waals surface area contributed by atoms with Crippen LogP contribution in [0.15, 0.2) is 0 Å². The Balaban J connectivity index is 1.88. The van der Waals surface area contributed by atoms with Crippen molar-refractivity contribution in [1.82, 2.24) is 0 Å². The Morgan fingerprint density at radius 2 is 1.67 bits per heavy atom. The van der Waals surface area contributed by atoms with Crippen molar-refractivity contribution in [2.75, 3.05) is 0 Å². The van der Waals surface area contributed by atoms with Crippen molar-refractivity contribution in [2.45, 2.75) is 79.1 Å². The van der Waals surface area contributed by atoms with Crippen molar-refractivity contribution in [3.63, 3.8) is 0 Å². The molecule has 2 heteroatoms. The first-order chi connectivity index (χ1) is 11.4. The maximum Gasteiger partial charge on any atom is 0.138 e. The van der Waals surface area contributed by atoms with Crippen LogP contribution in [-0.2, 0) is 0 Å². The molecule has 0 radical (unpaired) electrons. The molecule has 0 spiro atoms. The molecule has 132 valence electrons. The highest BCUT2D eigenvalue weighted by Crippen LogP contribution is 2.65. The van der Waals surface area contributed by atoms with Crippen molar-refractivity contribution in [1.29, 1.82) is 10.5 Å². The van der Waals surface area contributed by atoms with Gasteiger partial charge in [0, 0.05) is 0 Å². The molecule has 0 saturated heterocycles. The SMILES string of the molecule is CC(C)[C@H]1CC[C@H]2[C@H](CC[C@@H]3[C@]2(C)CCC[C@]3(C)C(C#N)C#N)C1. The van der Waals surface area contributed by atoms with Crippen LogP contribution in [0, 0.1) is 69.0 Å². The third kappa shape index (κ3) is 2.58. The maximum atomic E-state index is 9.57. The molecule has 3 saturated carbocycles. The lowest BCUT2D eigenvalue weighted by atomic mass is 9.42. The van der Waals surface area contributed by atoms with Gasteiger partial charge in [-0.3, -0.25) is 0 Å². The van der Waals surface area contributed by atoms with Gasteiger partial charge < -0.3 is 0 Å². The van der Waals surface area contributed by atoms with E-state index < -0.39 is 5.92 Å². The van der Waals surface area contributed by atoms with E-state index in [9.17, 15) is 10.5 Å². The molecule has 0 unspecified atom stereocenters. The fourth-order valence-electron chi connectivity index (χ4n) is 7.20. The van der Waals surface area contributed by atoms with Crippen molar-refractivity contribution in [3.05, 3.63) is 0 Å². The van der Waals surface area contributed by atoms with E-state index in [1.54, 1.807) is 0 Å². The van der Waals surface area contributed by atoms with Crippen molar-refractivity contribution < 1.29 is 0 Å². The minimum Gasteiger partial charge on any atom is -0.197 e. The van der Waals surface area contributed by atoms with Crippen LogP contribution in [0.5, 0.6) is 0 Å². The molecule has 3 fully saturated rings. The van der Waals surface area contributed by atoms with Gasteiger partial charge in [-0.25, -0.2) is 0 Å². The Kier molecular flexibility index (Phi) is 4.72. The fraction of sp³-hybridized carbons (Fsp3) is 0.909. The minimum atomic E-state index is -0.439. The Morgan fingerprint density at radius 1 is 0.958 bits per heavy atom. The Hall–Kier alpha value is -1.02. The summed E-state index contributed by atoms with van der Waals surface area (Å²) in [6, 6.07) is 4.69. The zero-order valence-corrected chi connectivity index (χ0v) is 16.0. The Labute approximate surface area is 148 Å². The molecule has 0 N–H and O–H groups in total. The zero-order chi connectivity index (χ0) is 17.5. The summed E-state index contributed by atoms with van der Waals surface area (Å²) in [5.74, 6) is 3.55. The van der Waals surface area contributed by atoms with Crippen LogP contribution in [0.1, 0.15) is 79.1 Å². The van der Waals surface area contributed by atoms with Crippen LogP contribution in [0.25, 0.3) is 0 Å². The quantitative estimate of drug-likeness (QED) is 0.630. The zero-order valence-electron chi connectivity index (χ0n) is 16.0.